The number of nitriles is 1. The third-order valence-electron chi connectivity index (χ3n) is 3.19. The maximum Gasteiger partial charge on any atom is 0.340 e. The molecule has 0 aromatic heterocycles. The van der Waals surface area contributed by atoms with Crippen molar-refractivity contribution in [1.82, 2.24) is 0 Å². The van der Waals surface area contributed by atoms with Crippen molar-refractivity contribution in [2.75, 3.05) is 18.5 Å². The van der Waals surface area contributed by atoms with E-state index in [1.54, 1.807) is 6.07 Å². The Morgan fingerprint density at radius 3 is 2.72 bits per heavy atom. The highest BCUT2D eigenvalue weighted by Crippen LogP contribution is 2.26. The summed E-state index contributed by atoms with van der Waals surface area (Å²) < 4.78 is 19.7. The van der Waals surface area contributed by atoms with Gasteiger partial charge in [-0.2, -0.15) is 5.26 Å². The van der Waals surface area contributed by atoms with Crippen LogP contribution in [0.4, 0.5) is 15.8 Å². The molecule has 130 valence electrons. The molecule has 0 bridgehead atoms. The number of benzene rings is 2. The minimum absolute atomic E-state index is 0.0714. The smallest absolute Gasteiger partial charge is 0.340 e. The van der Waals surface area contributed by atoms with Crippen molar-refractivity contribution < 1.29 is 24.1 Å². The Balaban J connectivity index is 2.31. The number of carbonyl (C=O) groups excluding carboxylic acids is 1. The summed E-state index contributed by atoms with van der Waals surface area (Å²) in [5.74, 6) is -1.28. The van der Waals surface area contributed by atoms with Crippen LogP contribution in [0, 0.1) is 20.7 Å². The van der Waals surface area contributed by atoms with Crippen LogP contribution in [-0.2, 0) is 4.74 Å². The zero-order valence-corrected chi connectivity index (χ0v) is 15.0. The molecule has 3 N–H and O–H groups in total. The minimum atomic E-state index is -1.19. The van der Waals surface area contributed by atoms with Gasteiger partial charge in [-0.05, 0) is 59.0 Å². The molecule has 1 unspecified atom stereocenters. The average molecular weight is 456 g/mol. The molecule has 0 amide bonds. The fourth-order valence-corrected chi connectivity index (χ4v) is 2.39. The summed E-state index contributed by atoms with van der Waals surface area (Å²) in [6.45, 7) is -0.924. The second-order valence-electron chi connectivity index (χ2n) is 5.06. The van der Waals surface area contributed by atoms with Crippen molar-refractivity contribution in [2.45, 2.75) is 6.10 Å². The lowest BCUT2D eigenvalue weighted by molar-refractivity contribution is 0.00941. The quantitative estimate of drug-likeness (QED) is 0.456. The van der Waals surface area contributed by atoms with E-state index in [4.69, 9.17) is 15.1 Å². The first kappa shape index (κ1) is 19.1. The first-order valence-electron chi connectivity index (χ1n) is 7.17. The standard InChI is InChI=1S/C17H14FIN2O4/c18-14-6-11(19)2-4-15(14)21-16-5-10(7-20)1-3-13(16)17(24)25-9-12(23)8-22/h1-6,12,21-23H,8-9H2. The predicted octanol–water partition coefficient (Wildman–Crippen LogP) is 2.56. The van der Waals surface area contributed by atoms with Gasteiger partial charge in [0.15, 0.2) is 0 Å². The van der Waals surface area contributed by atoms with E-state index in [1.807, 2.05) is 28.7 Å². The third-order valence-corrected chi connectivity index (χ3v) is 3.86. The molecule has 0 saturated carbocycles. The molecule has 2 aromatic carbocycles. The predicted molar refractivity (Wildman–Crippen MR) is 96.9 cm³/mol. The molecule has 2 aromatic rings. The molecular weight excluding hydrogens is 442 g/mol. The van der Waals surface area contributed by atoms with Gasteiger partial charge in [0.1, 0.15) is 18.5 Å². The number of aliphatic hydroxyl groups is 2. The second kappa shape index (κ2) is 8.75. The molecular formula is C17H14FIN2O4. The topological polar surface area (TPSA) is 103 Å². The second-order valence-corrected chi connectivity index (χ2v) is 6.30. The molecule has 0 spiro atoms. The van der Waals surface area contributed by atoms with Gasteiger partial charge in [-0.25, -0.2) is 9.18 Å². The molecule has 0 heterocycles. The summed E-state index contributed by atoms with van der Waals surface area (Å²) in [5, 5.41) is 29.8. The number of hydrogen-bond acceptors (Lipinski definition) is 6. The van der Waals surface area contributed by atoms with E-state index in [1.165, 1.54) is 30.3 Å². The number of nitrogens with zero attached hydrogens (tertiary/aromatic N) is 1. The summed E-state index contributed by atoms with van der Waals surface area (Å²) in [6, 6.07) is 10.7. The first-order chi connectivity index (χ1) is 11.9. The molecule has 0 radical (unpaired) electrons. The van der Waals surface area contributed by atoms with E-state index in [-0.39, 0.29) is 29.1 Å². The Labute approximate surface area is 157 Å². The number of nitrogens with one attached hydrogen (secondary N) is 1. The summed E-state index contributed by atoms with van der Waals surface area (Å²) >= 11 is 1.97. The van der Waals surface area contributed by atoms with E-state index in [9.17, 15) is 14.3 Å². The first-order valence-corrected chi connectivity index (χ1v) is 8.24. The van der Waals surface area contributed by atoms with Gasteiger partial charge in [0.25, 0.3) is 0 Å². The maximum absolute atomic E-state index is 14.0. The normalized spacial score (nSPS) is 11.5. The Morgan fingerprint density at radius 2 is 2.08 bits per heavy atom. The van der Waals surface area contributed by atoms with Gasteiger partial charge >= 0.3 is 5.97 Å². The molecule has 8 heteroatoms. The Morgan fingerprint density at radius 1 is 1.32 bits per heavy atom. The molecule has 0 saturated heterocycles. The highest BCUT2D eigenvalue weighted by atomic mass is 127. The van der Waals surface area contributed by atoms with Gasteiger partial charge in [0, 0.05) is 3.57 Å². The van der Waals surface area contributed by atoms with Crippen molar-refractivity contribution >= 4 is 39.9 Å². The lowest BCUT2D eigenvalue weighted by Crippen LogP contribution is -2.22. The highest BCUT2D eigenvalue weighted by molar-refractivity contribution is 14.1. The maximum atomic E-state index is 14.0. The molecule has 2 rings (SSSR count). The van der Waals surface area contributed by atoms with Crippen LogP contribution in [-0.4, -0.2) is 35.5 Å². The number of carbonyl (C=O) groups is 1. The van der Waals surface area contributed by atoms with Gasteiger partial charge in [-0.3, -0.25) is 0 Å². The van der Waals surface area contributed by atoms with Crippen molar-refractivity contribution in [3.05, 3.63) is 56.9 Å². The van der Waals surface area contributed by atoms with E-state index >= 15 is 0 Å². The number of anilines is 2. The molecule has 0 aliphatic carbocycles. The monoisotopic (exact) mass is 456 g/mol. The fraction of sp³-hybridized carbons (Fsp3) is 0.176. The van der Waals surface area contributed by atoms with Gasteiger partial charge in [0.05, 0.1) is 35.2 Å². The Kier molecular flexibility index (Phi) is 6.69. The van der Waals surface area contributed by atoms with Gasteiger partial charge in [-0.15, -0.1) is 0 Å². The van der Waals surface area contributed by atoms with Crippen LogP contribution in [0.25, 0.3) is 0 Å². The summed E-state index contributed by atoms with van der Waals surface area (Å²) in [6.07, 6.45) is -1.19. The molecule has 0 aliphatic heterocycles. The summed E-state index contributed by atoms with van der Waals surface area (Å²) in [7, 11) is 0. The average Bonchev–Trinajstić information content (AvgIpc) is 2.61. The largest absolute Gasteiger partial charge is 0.459 e. The van der Waals surface area contributed by atoms with Crippen LogP contribution in [0.15, 0.2) is 36.4 Å². The molecule has 6 nitrogen and oxygen atoms in total. The fourth-order valence-electron chi connectivity index (χ4n) is 1.93. The number of esters is 1. The van der Waals surface area contributed by atoms with E-state index < -0.39 is 24.5 Å². The van der Waals surface area contributed by atoms with Crippen molar-refractivity contribution in [2.24, 2.45) is 0 Å². The van der Waals surface area contributed by atoms with Crippen LogP contribution < -0.4 is 5.32 Å². The van der Waals surface area contributed by atoms with Crippen LogP contribution >= 0.6 is 22.6 Å². The zero-order chi connectivity index (χ0) is 18.4. The highest BCUT2D eigenvalue weighted by Gasteiger charge is 2.16. The Bertz CT molecular complexity index is 823. The van der Waals surface area contributed by atoms with Gasteiger partial charge in [-0.1, -0.05) is 0 Å². The number of ether oxygens (including phenoxy) is 1. The van der Waals surface area contributed by atoms with E-state index in [0.29, 0.717) is 3.57 Å². The lowest BCUT2D eigenvalue weighted by atomic mass is 10.1. The van der Waals surface area contributed by atoms with Crippen LogP contribution in [0.1, 0.15) is 15.9 Å². The third kappa shape index (κ3) is 5.12. The lowest BCUT2D eigenvalue weighted by Gasteiger charge is -2.14. The van der Waals surface area contributed by atoms with Crippen molar-refractivity contribution in [1.29, 1.82) is 5.26 Å². The molecule has 0 aliphatic rings. The van der Waals surface area contributed by atoms with Crippen LogP contribution in [0.5, 0.6) is 0 Å². The van der Waals surface area contributed by atoms with E-state index in [2.05, 4.69) is 5.32 Å². The van der Waals surface area contributed by atoms with Crippen LogP contribution in [0.3, 0.4) is 0 Å². The SMILES string of the molecule is N#Cc1ccc(C(=O)OCC(O)CO)c(Nc2ccc(I)cc2F)c1. The van der Waals surface area contributed by atoms with Crippen molar-refractivity contribution in [3.8, 4) is 6.07 Å². The number of rotatable bonds is 6. The molecule has 0 fully saturated rings. The molecule has 25 heavy (non-hydrogen) atoms. The number of halogens is 2. The minimum Gasteiger partial charge on any atom is -0.459 e. The van der Waals surface area contributed by atoms with Crippen molar-refractivity contribution in [3.63, 3.8) is 0 Å². The Hall–Kier alpha value is -2.22. The summed E-state index contributed by atoms with van der Waals surface area (Å²) in [5.41, 5.74) is 0.685. The van der Waals surface area contributed by atoms with Gasteiger partial charge < -0.3 is 20.3 Å². The molecule has 1 atom stereocenters. The zero-order valence-electron chi connectivity index (χ0n) is 12.9. The van der Waals surface area contributed by atoms with Gasteiger partial charge in [0.2, 0.25) is 0 Å². The summed E-state index contributed by atoms with van der Waals surface area (Å²) in [4.78, 5) is 12.2. The van der Waals surface area contributed by atoms with Crippen LogP contribution in [0.2, 0.25) is 0 Å². The number of hydrogen-bond donors (Lipinski definition) is 3. The van der Waals surface area contributed by atoms with E-state index in [0.717, 1.165) is 0 Å². The number of aliphatic hydroxyl groups excluding tert-OH is 2.